The Hall–Kier alpha value is -0.650. The summed E-state index contributed by atoms with van der Waals surface area (Å²) in [5.41, 5.74) is 0. The van der Waals surface area contributed by atoms with Gasteiger partial charge in [0.05, 0.1) is 19.1 Å². The Morgan fingerprint density at radius 2 is 1.94 bits per heavy atom. The Balaban J connectivity index is 1.93. The first-order chi connectivity index (χ1) is 8.74. The number of methoxy groups -OCH3 is 1. The van der Waals surface area contributed by atoms with Crippen molar-refractivity contribution >= 4 is 5.97 Å². The fraction of sp³-hybridized carbons (Fsp3) is 0.923. The van der Waals surface area contributed by atoms with E-state index < -0.39 is 5.97 Å². The molecule has 18 heavy (non-hydrogen) atoms. The van der Waals surface area contributed by atoms with Crippen LogP contribution in [0.5, 0.6) is 0 Å². The largest absolute Gasteiger partial charge is 0.481 e. The lowest BCUT2D eigenvalue weighted by Crippen LogP contribution is -2.35. The number of carboxylic acid groups (broad SMARTS) is 1. The SMILES string of the molecule is COCCOCCCNC1CCC(C(=O)O)CC1. The summed E-state index contributed by atoms with van der Waals surface area (Å²) in [6.07, 6.45) is 4.54. The minimum absolute atomic E-state index is 0.125. The van der Waals surface area contributed by atoms with Crippen molar-refractivity contribution in [1.29, 1.82) is 0 Å². The third-order valence-corrected chi connectivity index (χ3v) is 3.41. The predicted octanol–water partition coefficient (Wildman–Crippen LogP) is 1.27. The highest BCUT2D eigenvalue weighted by atomic mass is 16.5. The molecule has 0 aromatic carbocycles. The zero-order valence-corrected chi connectivity index (χ0v) is 11.2. The summed E-state index contributed by atoms with van der Waals surface area (Å²) in [6.45, 7) is 2.99. The third kappa shape index (κ3) is 6.33. The van der Waals surface area contributed by atoms with E-state index in [0.29, 0.717) is 19.3 Å². The number of carboxylic acids is 1. The van der Waals surface area contributed by atoms with Crippen LogP contribution in [0.4, 0.5) is 0 Å². The first-order valence-electron chi connectivity index (χ1n) is 6.77. The van der Waals surface area contributed by atoms with Gasteiger partial charge in [-0.25, -0.2) is 0 Å². The maximum absolute atomic E-state index is 10.8. The van der Waals surface area contributed by atoms with Crippen molar-refractivity contribution in [3.8, 4) is 0 Å². The van der Waals surface area contributed by atoms with E-state index in [0.717, 1.165) is 45.3 Å². The lowest BCUT2D eigenvalue weighted by molar-refractivity contribution is -0.142. The van der Waals surface area contributed by atoms with E-state index in [4.69, 9.17) is 14.6 Å². The molecule has 5 nitrogen and oxygen atoms in total. The average Bonchev–Trinajstić information content (AvgIpc) is 2.38. The van der Waals surface area contributed by atoms with Crippen molar-refractivity contribution < 1.29 is 19.4 Å². The lowest BCUT2D eigenvalue weighted by atomic mass is 9.86. The molecule has 0 saturated heterocycles. The van der Waals surface area contributed by atoms with Gasteiger partial charge in [0.2, 0.25) is 0 Å². The second-order valence-electron chi connectivity index (χ2n) is 4.80. The Morgan fingerprint density at radius 3 is 2.56 bits per heavy atom. The molecular formula is C13H25NO4. The first kappa shape index (κ1) is 15.4. The van der Waals surface area contributed by atoms with Crippen molar-refractivity contribution in [2.24, 2.45) is 5.92 Å². The van der Waals surface area contributed by atoms with Crippen LogP contribution < -0.4 is 5.32 Å². The van der Waals surface area contributed by atoms with Gasteiger partial charge in [-0.2, -0.15) is 0 Å². The van der Waals surface area contributed by atoms with Gasteiger partial charge in [-0.1, -0.05) is 0 Å². The number of aliphatic carboxylic acids is 1. The smallest absolute Gasteiger partial charge is 0.306 e. The molecule has 5 heteroatoms. The molecule has 1 saturated carbocycles. The summed E-state index contributed by atoms with van der Waals surface area (Å²) >= 11 is 0. The highest BCUT2D eigenvalue weighted by Gasteiger charge is 2.25. The van der Waals surface area contributed by atoms with Crippen LogP contribution in [0.2, 0.25) is 0 Å². The normalized spacial score (nSPS) is 24.1. The molecule has 106 valence electrons. The van der Waals surface area contributed by atoms with E-state index in [-0.39, 0.29) is 5.92 Å². The maximum atomic E-state index is 10.8. The minimum atomic E-state index is -0.639. The van der Waals surface area contributed by atoms with Crippen molar-refractivity contribution in [3.05, 3.63) is 0 Å². The molecule has 1 aliphatic carbocycles. The van der Waals surface area contributed by atoms with Gasteiger partial charge < -0.3 is 19.9 Å². The number of ether oxygens (including phenoxy) is 2. The van der Waals surface area contributed by atoms with Crippen molar-refractivity contribution in [2.45, 2.75) is 38.1 Å². The molecule has 0 spiro atoms. The van der Waals surface area contributed by atoms with E-state index in [2.05, 4.69) is 5.32 Å². The standard InChI is InChI=1S/C13H25NO4/c1-17-9-10-18-8-2-7-14-12-5-3-11(4-6-12)13(15)16/h11-12,14H,2-10H2,1H3,(H,15,16). The fourth-order valence-corrected chi connectivity index (χ4v) is 2.27. The number of hydrogen-bond acceptors (Lipinski definition) is 4. The van der Waals surface area contributed by atoms with E-state index in [9.17, 15) is 4.79 Å². The lowest BCUT2D eigenvalue weighted by Gasteiger charge is -2.26. The Morgan fingerprint density at radius 1 is 1.22 bits per heavy atom. The van der Waals surface area contributed by atoms with Crippen LogP contribution in [0, 0.1) is 5.92 Å². The monoisotopic (exact) mass is 259 g/mol. The first-order valence-corrected chi connectivity index (χ1v) is 6.77. The molecule has 0 heterocycles. The summed E-state index contributed by atoms with van der Waals surface area (Å²) in [5, 5.41) is 12.4. The molecule has 0 unspecified atom stereocenters. The van der Waals surface area contributed by atoms with Gasteiger partial charge in [-0.05, 0) is 38.6 Å². The van der Waals surface area contributed by atoms with Crippen molar-refractivity contribution in [2.75, 3.05) is 33.5 Å². The highest BCUT2D eigenvalue weighted by molar-refractivity contribution is 5.70. The van der Waals surface area contributed by atoms with Crippen molar-refractivity contribution in [1.82, 2.24) is 5.32 Å². The van der Waals surface area contributed by atoms with Crippen LogP contribution in [-0.2, 0) is 14.3 Å². The molecule has 0 aromatic heterocycles. The molecule has 2 N–H and O–H groups in total. The second-order valence-corrected chi connectivity index (χ2v) is 4.80. The Bertz CT molecular complexity index is 227. The molecular weight excluding hydrogens is 234 g/mol. The van der Waals surface area contributed by atoms with Crippen LogP contribution in [0.25, 0.3) is 0 Å². The van der Waals surface area contributed by atoms with E-state index in [1.54, 1.807) is 7.11 Å². The van der Waals surface area contributed by atoms with E-state index >= 15 is 0 Å². The van der Waals surface area contributed by atoms with Gasteiger partial charge >= 0.3 is 5.97 Å². The Kier molecular flexibility index (Phi) is 7.96. The summed E-state index contributed by atoms with van der Waals surface area (Å²) in [5.74, 6) is -0.763. The van der Waals surface area contributed by atoms with Gasteiger partial charge in [0.15, 0.2) is 0 Å². The van der Waals surface area contributed by atoms with Crippen LogP contribution >= 0.6 is 0 Å². The summed E-state index contributed by atoms with van der Waals surface area (Å²) < 4.78 is 10.3. The molecule has 0 amide bonds. The quantitative estimate of drug-likeness (QED) is 0.610. The summed E-state index contributed by atoms with van der Waals surface area (Å²) in [6, 6.07) is 0.486. The maximum Gasteiger partial charge on any atom is 0.306 e. The van der Waals surface area contributed by atoms with Crippen LogP contribution in [0.1, 0.15) is 32.1 Å². The van der Waals surface area contributed by atoms with Gasteiger partial charge in [-0.3, -0.25) is 4.79 Å². The zero-order chi connectivity index (χ0) is 13.2. The molecule has 0 bridgehead atoms. The van der Waals surface area contributed by atoms with Crippen LogP contribution in [-0.4, -0.2) is 50.6 Å². The number of rotatable bonds is 9. The van der Waals surface area contributed by atoms with Gasteiger partial charge in [0.1, 0.15) is 0 Å². The molecule has 0 aromatic rings. The second kappa shape index (κ2) is 9.30. The average molecular weight is 259 g/mol. The van der Waals surface area contributed by atoms with E-state index in [1.165, 1.54) is 0 Å². The summed E-state index contributed by atoms with van der Waals surface area (Å²) in [4.78, 5) is 10.8. The van der Waals surface area contributed by atoms with Crippen LogP contribution in [0.3, 0.4) is 0 Å². The zero-order valence-electron chi connectivity index (χ0n) is 11.2. The molecule has 1 fully saturated rings. The molecule has 0 aliphatic heterocycles. The van der Waals surface area contributed by atoms with E-state index in [1.807, 2.05) is 0 Å². The van der Waals surface area contributed by atoms with Crippen molar-refractivity contribution in [3.63, 3.8) is 0 Å². The number of nitrogens with one attached hydrogen (secondary N) is 1. The molecule has 1 rings (SSSR count). The summed E-state index contributed by atoms with van der Waals surface area (Å²) in [7, 11) is 1.67. The molecule has 1 aliphatic rings. The predicted molar refractivity (Wildman–Crippen MR) is 68.7 cm³/mol. The molecule has 0 atom stereocenters. The fourth-order valence-electron chi connectivity index (χ4n) is 2.27. The minimum Gasteiger partial charge on any atom is -0.481 e. The molecule has 0 radical (unpaired) electrons. The highest BCUT2D eigenvalue weighted by Crippen LogP contribution is 2.24. The number of hydrogen-bond donors (Lipinski definition) is 2. The third-order valence-electron chi connectivity index (χ3n) is 3.41. The topological polar surface area (TPSA) is 67.8 Å². The number of carbonyl (C=O) groups is 1. The Labute approximate surface area is 109 Å². The van der Waals surface area contributed by atoms with Crippen LogP contribution in [0.15, 0.2) is 0 Å². The van der Waals surface area contributed by atoms with Gasteiger partial charge in [-0.15, -0.1) is 0 Å². The van der Waals surface area contributed by atoms with Gasteiger partial charge in [0, 0.05) is 19.8 Å². The van der Waals surface area contributed by atoms with Gasteiger partial charge in [0.25, 0.3) is 0 Å².